The summed E-state index contributed by atoms with van der Waals surface area (Å²) in [6.07, 6.45) is 16.2. The maximum absolute atomic E-state index is 2.40. The first-order chi connectivity index (χ1) is 38.3. The highest BCUT2D eigenvalue weighted by molar-refractivity contribution is 5.86. The lowest BCUT2D eigenvalue weighted by Gasteiger charge is -2.29. The lowest BCUT2D eigenvalue weighted by atomic mass is 10.0. The van der Waals surface area contributed by atoms with Crippen LogP contribution in [0.5, 0.6) is 0 Å². The van der Waals surface area contributed by atoms with Crippen molar-refractivity contribution in [2.75, 3.05) is 14.7 Å². The fourth-order valence-electron chi connectivity index (χ4n) is 10.7. The third-order valence-corrected chi connectivity index (χ3v) is 14.7. The summed E-state index contributed by atoms with van der Waals surface area (Å²) in [4.78, 5) is 7.19. The summed E-state index contributed by atoms with van der Waals surface area (Å²) >= 11 is 0. The summed E-state index contributed by atoms with van der Waals surface area (Å²) in [6.45, 7) is 13.3. The number of nitrogens with zero attached hydrogens (tertiary/aromatic N) is 3. The molecule has 0 heterocycles. The second-order valence-electron chi connectivity index (χ2n) is 20.0. The SMILES string of the molecule is CCc1cccc(C)c1N(c1ccccc1)c1ccc(/C=C/c2cc(/C=C/c3ccc(N(c4ccccc4)c4c(C)cccc4CC)cc3)cc(/C=C/c3ccc(N(c4ccccc4)c4c(C)cccc4CC)cc3)c2)cc1. The highest BCUT2D eigenvalue weighted by Gasteiger charge is 2.20. The van der Waals surface area contributed by atoms with Gasteiger partial charge in [0.25, 0.3) is 0 Å². The zero-order valence-electron chi connectivity index (χ0n) is 45.9. The Morgan fingerprint density at radius 3 is 0.718 bits per heavy atom. The van der Waals surface area contributed by atoms with Crippen LogP contribution in [0.15, 0.2) is 237 Å². The van der Waals surface area contributed by atoms with Gasteiger partial charge in [0.05, 0.1) is 17.1 Å². The summed E-state index contributed by atoms with van der Waals surface area (Å²) in [5.41, 5.74) is 25.1. The van der Waals surface area contributed by atoms with Crippen LogP contribution < -0.4 is 14.7 Å². The van der Waals surface area contributed by atoms with Crippen molar-refractivity contribution in [2.45, 2.75) is 60.8 Å². The number of hydrogen-bond acceptors (Lipinski definition) is 3. The van der Waals surface area contributed by atoms with Gasteiger partial charge in [-0.25, -0.2) is 0 Å². The molecule has 0 aliphatic carbocycles. The minimum Gasteiger partial charge on any atom is -0.310 e. The molecule has 0 aliphatic heterocycles. The third kappa shape index (κ3) is 11.9. The van der Waals surface area contributed by atoms with Gasteiger partial charge in [0, 0.05) is 34.1 Å². The van der Waals surface area contributed by atoms with Crippen LogP contribution >= 0.6 is 0 Å². The molecule has 78 heavy (non-hydrogen) atoms. The third-order valence-electron chi connectivity index (χ3n) is 14.7. The maximum Gasteiger partial charge on any atom is 0.0522 e. The lowest BCUT2D eigenvalue weighted by Crippen LogP contribution is -2.13. The molecule has 10 rings (SSSR count). The monoisotopic (exact) mass is 1010 g/mol. The van der Waals surface area contributed by atoms with Gasteiger partial charge < -0.3 is 14.7 Å². The van der Waals surface area contributed by atoms with Gasteiger partial charge in [0.2, 0.25) is 0 Å². The summed E-state index contributed by atoms with van der Waals surface area (Å²) in [5.74, 6) is 0. The number of benzene rings is 10. The average Bonchev–Trinajstić information content (AvgIpc) is 3.50. The van der Waals surface area contributed by atoms with Gasteiger partial charge in [0.1, 0.15) is 0 Å². The van der Waals surface area contributed by atoms with E-state index >= 15 is 0 Å². The molecule has 3 nitrogen and oxygen atoms in total. The Hall–Kier alpha value is -9.18. The first-order valence-electron chi connectivity index (χ1n) is 27.6. The van der Waals surface area contributed by atoms with E-state index in [1.165, 1.54) is 50.4 Å². The molecule has 10 aromatic rings. The fourth-order valence-corrected chi connectivity index (χ4v) is 10.7. The number of anilines is 9. The van der Waals surface area contributed by atoms with E-state index in [2.05, 4.69) is 329 Å². The largest absolute Gasteiger partial charge is 0.310 e. The Kier molecular flexibility index (Phi) is 16.5. The normalized spacial score (nSPS) is 11.5. The molecule has 0 unspecified atom stereocenters. The summed E-state index contributed by atoms with van der Waals surface area (Å²) < 4.78 is 0. The minimum absolute atomic E-state index is 0.953. The average molecular weight is 1010 g/mol. The quantitative estimate of drug-likeness (QED) is 0.0793. The molecular weight excluding hydrogens is 943 g/mol. The number of aryl methyl sites for hydroxylation is 6. The van der Waals surface area contributed by atoms with E-state index < -0.39 is 0 Å². The van der Waals surface area contributed by atoms with Crippen LogP contribution in [0.4, 0.5) is 51.2 Å². The van der Waals surface area contributed by atoms with Crippen molar-refractivity contribution in [3.63, 3.8) is 0 Å². The molecule has 0 bridgehead atoms. The standard InChI is InChI=1S/C75H69N3/c1-7-64-25-19-22-55(4)73(64)76(67-28-13-10-14-29-67)70-46-40-58(41-47-70)34-37-61-52-62(38-35-59-42-48-71(49-43-59)77(68-30-15-11-16-31-68)74-56(5)23-20-26-65(74)8-2)54-63(53-61)39-36-60-44-50-72(51-45-60)78(69-32-17-12-18-33-69)75-57(6)24-21-27-66(75)9-3/h10-54H,7-9H2,1-6H3/b37-34+,38-35+,39-36+. The Labute approximate surface area is 464 Å². The van der Waals surface area contributed by atoms with Gasteiger partial charge in [-0.1, -0.05) is 203 Å². The highest BCUT2D eigenvalue weighted by Crippen LogP contribution is 2.42. The first-order valence-corrected chi connectivity index (χ1v) is 27.6. The smallest absolute Gasteiger partial charge is 0.0522 e. The van der Waals surface area contributed by atoms with Crippen LogP contribution in [-0.2, 0) is 19.3 Å². The molecule has 10 aromatic carbocycles. The van der Waals surface area contributed by atoms with Crippen molar-refractivity contribution in [3.05, 3.63) is 303 Å². The molecule has 0 aromatic heterocycles. The maximum atomic E-state index is 2.40. The Balaban J connectivity index is 0.971. The van der Waals surface area contributed by atoms with Crippen molar-refractivity contribution >= 4 is 87.6 Å². The molecule has 0 N–H and O–H groups in total. The van der Waals surface area contributed by atoms with Gasteiger partial charge in [-0.05, 0) is 198 Å². The Morgan fingerprint density at radius 2 is 0.474 bits per heavy atom. The minimum atomic E-state index is 0.953. The van der Waals surface area contributed by atoms with Gasteiger partial charge in [-0.3, -0.25) is 0 Å². The molecule has 0 amide bonds. The molecule has 0 spiro atoms. The molecule has 0 radical (unpaired) electrons. The van der Waals surface area contributed by atoms with Crippen LogP contribution in [0.1, 0.15) is 87.5 Å². The van der Waals surface area contributed by atoms with E-state index in [9.17, 15) is 0 Å². The predicted octanol–water partition coefficient (Wildman–Crippen LogP) is 21.2. The lowest BCUT2D eigenvalue weighted by molar-refractivity contribution is 1.10. The Bertz CT molecular complexity index is 3280. The van der Waals surface area contributed by atoms with E-state index in [-0.39, 0.29) is 0 Å². The van der Waals surface area contributed by atoms with Crippen molar-refractivity contribution in [1.82, 2.24) is 0 Å². The molecule has 0 aliphatic rings. The van der Waals surface area contributed by atoms with Crippen molar-refractivity contribution in [2.24, 2.45) is 0 Å². The molecule has 0 saturated heterocycles. The zero-order valence-corrected chi connectivity index (χ0v) is 45.9. The van der Waals surface area contributed by atoms with Crippen LogP contribution in [0.2, 0.25) is 0 Å². The number of para-hydroxylation sites is 6. The van der Waals surface area contributed by atoms with Crippen molar-refractivity contribution < 1.29 is 0 Å². The van der Waals surface area contributed by atoms with Crippen molar-refractivity contribution in [3.8, 4) is 0 Å². The van der Waals surface area contributed by atoms with Crippen molar-refractivity contribution in [1.29, 1.82) is 0 Å². The summed E-state index contributed by atoms with van der Waals surface area (Å²) in [7, 11) is 0. The summed E-state index contributed by atoms with van der Waals surface area (Å²) in [5, 5.41) is 0. The van der Waals surface area contributed by atoms with Gasteiger partial charge in [0.15, 0.2) is 0 Å². The molecular formula is C75H69N3. The Morgan fingerprint density at radius 1 is 0.244 bits per heavy atom. The zero-order chi connectivity index (χ0) is 53.8. The number of rotatable bonds is 18. The van der Waals surface area contributed by atoms with E-state index in [1.807, 2.05) is 0 Å². The van der Waals surface area contributed by atoms with Gasteiger partial charge in [-0.2, -0.15) is 0 Å². The topological polar surface area (TPSA) is 9.72 Å². The van der Waals surface area contributed by atoms with E-state index in [4.69, 9.17) is 0 Å². The second kappa shape index (κ2) is 24.7. The number of hydrogen-bond donors (Lipinski definition) is 0. The molecule has 0 atom stereocenters. The molecule has 384 valence electrons. The second-order valence-corrected chi connectivity index (χ2v) is 20.0. The van der Waals surface area contributed by atoms with E-state index in [1.54, 1.807) is 0 Å². The predicted molar refractivity (Wildman–Crippen MR) is 339 cm³/mol. The van der Waals surface area contributed by atoms with Crippen LogP contribution in [0, 0.1) is 20.8 Å². The van der Waals surface area contributed by atoms with Crippen LogP contribution in [0.3, 0.4) is 0 Å². The molecule has 0 fully saturated rings. The van der Waals surface area contributed by atoms with Crippen LogP contribution in [-0.4, -0.2) is 0 Å². The van der Waals surface area contributed by atoms with E-state index in [0.29, 0.717) is 0 Å². The first kappa shape index (κ1) is 52.3. The van der Waals surface area contributed by atoms with Gasteiger partial charge >= 0.3 is 0 Å². The van der Waals surface area contributed by atoms with Crippen LogP contribution in [0.25, 0.3) is 36.5 Å². The van der Waals surface area contributed by atoms with E-state index in [0.717, 1.165) is 86.8 Å². The fraction of sp³-hybridized carbons (Fsp3) is 0.120. The molecule has 0 saturated carbocycles. The summed E-state index contributed by atoms with van der Waals surface area (Å²) in [6, 6.07) is 85.6. The highest BCUT2D eigenvalue weighted by atomic mass is 15.2. The molecule has 3 heteroatoms. The van der Waals surface area contributed by atoms with Gasteiger partial charge in [-0.15, -0.1) is 0 Å².